The van der Waals surface area contributed by atoms with Crippen molar-refractivity contribution in [1.82, 2.24) is 0 Å². The van der Waals surface area contributed by atoms with Crippen LogP contribution in [0.3, 0.4) is 0 Å². The molecule has 6 heteroatoms. The fourth-order valence-electron chi connectivity index (χ4n) is 1.51. The van der Waals surface area contributed by atoms with E-state index in [2.05, 4.69) is 10.5 Å². The van der Waals surface area contributed by atoms with Crippen molar-refractivity contribution in [2.75, 3.05) is 5.43 Å². The molecule has 0 aliphatic rings. The molecule has 0 radical (unpaired) electrons. The van der Waals surface area contributed by atoms with E-state index in [0.717, 1.165) is 5.56 Å². The van der Waals surface area contributed by atoms with Crippen LogP contribution in [0.4, 0.5) is 5.69 Å². The number of nitrogens with zero attached hydrogens (tertiary/aromatic N) is 1. The van der Waals surface area contributed by atoms with E-state index in [0.29, 0.717) is 10.7 Å². The van der Waals surface area contributed by atoms with Crippen LogP contribution in [-0.2, 0) is 0 Å². The summed E-state index contributed by atoms with van der Waals surface area (Å²) in [5.41, 5.74) is 3.84. The van der Waals surface area contributed by atoms with Gasteiger partial charge in [-0.1, -0.05) is 41.4 Å². The van der Waals surface area contributed by atoms with Crippen LogP contribution in [0.1, 0.15) is 15.9 Å². The lowest BCUT2D eigenvalue weighted by molar-refractivity contribution is -0.255. The summed E-state index contributed by atoms with van der Waals surface area (Å²) in [6, 6.07) is 11.6. The van der Waals surface area contributed by atoms with Crippen molar-refractivity contribution in [3.8, 4) is 0 Å². The van der Waals surface area contributed by atoms with Gasteiger partial charge in [-0.2, -0.15) is 5.10 Å². The summed E-state index contributed by atoms with van der Waals surface area (Å²) in [4.78, 5) is 10.8. The van der Waals surface area contributed by atoms with Gasteiger partial charge in [0.05, 0.1) is 17.9 Å². The average Bonchev–Trinajstić information content (AvgIpc) is 2.42. The summed E-state index contributed by atoms with van der Waals surface area (Å²) in [6.07, 6.45) is 1.54. The van der Waals surface area contributed by atoms with E-state index in [9.17, 15) is 9.90 Å². The van der Waals surface area contributed by atoms with Gasteiger partial charge in [-0.05, 0) is 24.3 Å². The standard InChI is InChI=1S/C14H10Cl2N2O2/c15-12-4-2-1-3-9(12)8-17-18-10-5-6-13(16)11(7-10)14(19)20/h1-8,18H,(H,19,20)/p-1/b17-8-. The van der Waals surface area contributed by atoms with Gasteiger partial charge >= 0.3 is 0 Å². The number of halogens is 2. The average molecular weight is 308 g/mol. The number of hydrogen-bond donors (Lipinski definition) is 1. The molecule has 0 atom stereocenters. The zero-order valence-electron chi connectivity index (χ0n) is 10.1. The van der Waals surface area contributed by atoms with Gasteiger partial charge in [0.1, 0.15) is 0 Å². The number of carboxylic acid groups (broad SMARTS) is 1. The number of carboxylic acids is 1. The van der Waals surface area contributed by atoms with Crippen LogP contribution in [0.2, 0.25) is 10.0 Å². The molecule has 102 valence electrons. The summed E-state index contributed by atoms with van der Waals surface area (Å²) >= 11 is 11.7. The summed E-state index contributed by atoms with van der Waals surface area (Å²) in [7, 11) is 0. The third kappa shape index (κ3) is 3.50. The first kappa shape index (κ1) is 14.4. The third-order valence-electron chi connectivity index (χ3n) is 2.49. The molecule has 0 heterocycles. The molecule has 4 nitrogen and oxygen atoms in total. The van der Waals surface area contributed by atoms with Crippen molar-refractivity contribution in [2.24, 2.45) is 5.10 Å². The Kier molecular flexibility index (Phi) is 4.61. The number of hydrogen-bond acceptors (Lipinski definition) is 4. The Morgan fingerprint density at radius 1 is 1.15 bits per heavy atom. The summed E-state index contributed by atoms with van der Waals surface area (Å²) in [6.45, 7) is 0. The van der Waals surface area contributed by atoms with Gasteiger partial charge in [0.2, 0.25) is 0 Å². The monoisotopic (exact) mass is 307 g/mol. The maximum absolute atomic E-state index is 10.8. The molecule has 0 aliphatic carbocycles. The van der Waals surface area contributed by atoms with Crippen LogP contribution in [-0.4, -0.2) is 12.2 Å². The molecule has 0 amide bonds. The van der Waals surface area contributed by atoms with Gasteiger partial charge in [-0.3, -0.25) is 5.43 Å². The molecule has 0 spiro atoms. The summed E-state index contributed by atoms with van der Waals surface area (Å²) in [5, 5.41) is 15.5. The SMILES string of the molecule is O=C([O-])c1cc(N/N=C\c2ccccc2Cl)ccc1Cl. The Balaban J connectivity index is 2.14. The Labute approximate surface area is 125 Å². The number of nitrogens with one attached hydrogen (secondary N) is 1. The lowest BCUT2D eigenvalue weighted by atomic mass is 10.2. The maximum atomic E-state index is 10.8. The van der Waals surface area contributed by atoms with Gasteiger partial charge in [-0.25, -0.2) is 0 Å². The van der Waals surface area contributed by atoms with E-state index >= 15 is 0 Å². The molecule has 0 aliphatic heterocycles. The Hall–Kier alpha value is -2.04. The van der Waals surface area contributed by atoms with E-state index in [1.165, 1.54) is 18.3 Å². The fourth-order valence-corrected chi connectivity index (χ4v) is 1.89. The van der Waals surface area contributed by atoms with Crippen LogP contribution in [0.25, 0.3) is 0 Å². The molecule has 0 unspecified atom stereocenters. The largest absolute Gasteiger partial charge is 0.545 e. The van der Waals surface area contributed by atoms with Gasteiger partial charge < -0.3 is 9.90 Å². The number of aromatic carboxylic acids is 1. The van der Waals surface area contributed by atoms with Crippen LogP contribution in [0, 0.1) is 0 Å². The normalized spacial score (nSPS) is 10.7. The van der Waals surface area contributed by atoms with Gasteiger partial charge in [-0.15, -0.1) is 0 Å². The van der Waals surface area contributed by atoms with Crippen LogP contribution < -0.4 is 10.5 Å². The number of hydrazone groups is 1. The lowest BCUT2D eigenvalue weighted by Crippen LogP contribution is -2.22. The number of anilines is 1. The molecule has 2 aromatic rings. The highest BCUT2D eigenvalue weighted by Gasteiger charge is 2.02. The van der Waals surface area contributed by atoms with Crippen LogP contribution >= 0.6 is 23.2 Å². The van der Waals surface area contributed by atoms with Crippen LogP contribution in [0.5, 0.6) is 0 Å². The molecule has 1 N–H and O–H groups in total. The molecule has 0 aromatic heterocycles. The Morgan fingerprint density at radius 3 is 2.60 bits per heavy atom. The molecule has 0 saturated heterocycles. The van der Waals surface area contributed by atoms with Crippen molar-refractivity contribution in [3.63, 3.8) is 0 Å². The predicted octanol–water partition coefficient (Wildman–Crippen LogP) is 2.80. The smallest absolute Gasteiger partial charge is 0.0731 e. The first-order chi connectivity index (χ1) is 9.58. The molecule has 20 heavy (non-hydrogen) atoms. The van der Waals surface area contributed by atoms with E-state index in [4.69, 9.17) is 23.2 Å². The summed E-state index contributed by atoms with van der Waals surface area (Å²) in [5.74, 6) is -1.34. The van der Waals surface area contributed by atoms with Crippen molar-refractivity contribution >= 4 is 41.1 Å². The number of carbonyl (C=O) groups is 1. The maximum Gasteiger partial charge on any atom is 0.0731 e. The summed E-state index contributed by atoms with van der Waals surface area (Å²) < 4.78 is 0. The number of benzene rings is 2. The van der Waals surface area contributed by atoms with E-state index in [-0.39, 0.29) is 10.6 Å². The van der Waals surface area contributed by atoms with Crippen molar-refractivity contribution in [3.05, 3.63) is 63.6 Å². The molecule has 0 fully saturated rings. The van der Waals surface area contributed by atoms with E-state index < -0.39 is 5.97 Å². The third-order valence-corrected chi connectivity index (χ3v) is 3.16. The Morgan fingerprint density at radius 2 is 1.90 bits per heavy atom. The second-order valence-electron chi connectivity index (χ2n) is 3.87. The fraction of sp³-hybridized carbons (Fsp3) is 0. The minimum Gasteiger partial charge on any atom is -0.545 e. The Bertz CT molecular complexity index is 672. The van der Waals surface area contributed by atoms with Gasteiger partial charge in [0.15, 0.2) is 0 Å². The first-order valence-corrected chi connectivity index (χ1v) is 6.38. The molecule has 0 saturated carbocycles. The van der Waals surface area contributed by atoms with E-state index in [1.54, 1.807) is 12.1 Å². The van der Waals surface area contributed by atoms with Gasteiger partial charge in [0, 0.05) is 21.2 Å². The zero-order valence-corrected chi connectivity index (χ0v) is 11.7. The van der Waals surface area contributed by atoms with E-state index in [1.807, 2.05) is 18.2 Å². The molecular weight excluding hydrogens is 299 g/mol. The zero-order chi connectivity index (χ0) is 14.5. The number of rotatable bonds is 4. The second kappa shape index (κ2) is 6.41. The topological polar surface area (TPSA) is 64.5 Å². The molecular formula is C14H9Cl2N2O2-. The minimum atomic E-state index is -1.34. The predicted molar refractivity (Wildman–Crippen MR) is 78.5 cm³/mol. The minimum absolute atomic E-state index is 0.0930. The highest BCUT2D eigenvalue weighted by molar-refractivity contribution is 6.33. The van der Waals surface area contributed by atoms with Gasteiger partial charge in [0.25, 0.3) is 0 Å². The highest BCUT2D eigenvalue weighted by atomic mass is 35.5. The molecule has 2 aromatic carbocycles. The van der Waals surface area contributed by atoms with Crippen molar-refractivity contribution in [1.29, 1.82) is 0 Å². The molecule has 2 rings (SSSR count). The van der Waals surface area contributed by atoms with Crippen molar-refractivity contribution < 1.29 is 9.90 Å². The highest BCUT2D eigenvalue weighted by Crippen LogP contribution is 2.20. The van der Waals surface area contributed by atoms with Crippen LogP contribution in [0.15, 0.2) is 47.6 Å². The quantitative estimate of drug-likeness (QED) is 0.698. The number of carbonyl (C=O) groups excluding carboxylic acids is 1. The second-order valence-corrected chi connectivity index (χ2v) is 4.69. The lowest BCUT2D eigenvalue weighted by Gasteiger charge is -2.07. The van der Waals surface area contributed by atoms with Crippen molar-refractivity contribution in [2.45, 2.75) is 0 Å². The molecule has 0 bridgehead atoms. The first-order valence-electron chi connectivity index (χ1n) is 5.62.